The summed E-state index contributed by atoms with van der Waals surface area (Å²) in [6, 6.07) is 8.82. The van der Waals surface area contributed by atoms with E-state index in [0.29, 0.717) is 6.04 Å². The zero-order chi connectivity index (χ0) is 15.2. The highest BCUT2D eigenvalue weighted by molar-refractivity contribution is 5.81. The van der Waals surface area contributed by atoms with Crippen LogP contribution in [0.3, 0.4) is 0 Å². The highest BCUT2D eigenvalue weighted by Gasteiger charge is 2.41. The third-order valence-corrected chi connectivity index (χ3v) is 6.39. The van der Waals surface area contributed by atoms with Crippen molar-refractivity contribution >= 4 is 16.6 Å². The third-order valence-electron chi connectivity index (χ3n) is 6.39. The van der Waals surface area contributed by atoms with Crippen molar-refractivity contribution in [3.8, 4) is 0 Å². The van der Waals surface area contributed by atoms with E-state index in [2.05, 4.69) is 38.6 Å². The fraction of sp³-hybridized carbons (Fsp3) is 0.632. The molecule has 23 heavy (non-hydrogen) atoms. The van der Waals surface area contributed by atoms with E-state index in [1.54, 1.807) is 0 Å². The average molecular weight is 310 g/mol. The molecule has 1 saturated carbocycles. The second kappa shape index (κ2) is 5.52. The Bertz CT molecular complexity index is 675. The number of nitrogens with zero attached hydrogens (tertiary/aromatic N) is 2. The first-order valence-corrected chi connectivity index (χ1v) is 9.30. The maximum absolute atomic E-state index is 4.11. The minimum atomic E-state index is 0.634. The number of piperidine rings is 1. The van der Waals surface area contributed by atoms with Gasteiger partial charge in [0.05, 0.1) is 11.7 Å². The van der Waals surface area contributed by atoms with E-state index in [1.165, 1.54) is 62.6 Å². The lowest BCUT2D eigenvalue weighted by Crippen LogP contribution is -2.49. The van der Waals surface area contributed by atoms with E-state index in [1.807, 2.05) is 6.20 Å². The van der Waals surface area contributed by atoms with Gasteiger partial charge in [0.1, 0.15) is 0 Å². The standard InChI is InChI=1S/C19H26N4/c1-2-13(3-1)12-23-17-5-6-18(23)10-16(9-17)21-15-4-7-19-14(8-15)11-20-22-19/h4,7-8,11,13,16-18,21H,1-3,5-6,9-10,12H2,(H,20,22). The monoisotopic (exact) mass is 310 g/mol. The van der Waals surface area contributed by atoms with Crippen LogP contribution in [0.25, 0.3) is 10.9 Å². The van der Waals surface area contributed by atoms with Gasteiger partial charge in [0.15, 0.2) is 0 Å². The molecule has 2 bridgehead atoms. The Morgan fingerprint density at radius 1 is 1.13 bits per heavy atom. The number of H-pyrrole nitrogens is 1. The first kappa shape index (κ1) is 13.8. The van der Waals surface area contributed by atoms with Crippen LogP contribution >= 0.6 is 0 Å². The van der Waals surface area contributed by atoms with Crippen LogP contribution in [0.1, 0.15) is 44.9 Å². The second-order valence-electron chi connectivity index (χ2n) is 7.86. The van der Waals surface area contributed by atoms with Crippen LogP contribution in [0.4, 0.5) is 5.69 Å². The van der Waals surface area contributed by atoms with Crippen LogP contribution < -0.4 is 5.32 Å². The number of anilines is 1. The number of aromatic nitrogens is 2. The predicted molar refractivity (Wildman–Crippen MR) is 93.6 cm³/mol. The van der Waals surface area contributed by atoms with E-state index in [9.17, 15) is 0 Å². The van der Waals surface area contributed by atoms with Crippen LogP contribution in [0.15, 0.2) is 24.4 Å². The second-order valence-corrected chi connectivity index (χ2v) is 7.86. The van der Waals surface area contributed by atoms with E-state index in [4.69, 9.17) is 0 Å². The molecule has 2 saturated heterocycles. The number of benzene rings is 1. The molecule has 2 atom stereocenters. The summed E-state index contributed by atoms with van der Waals surface area (Å²) in [7, 11) is 0. The summed E-state index contributed by atoms with van der Waals surface area (Å²) in [5.74, 6) is 1.01. The van der Waals surface area contributed by atoms with Gasteiger partial charge in [-0.2, -0.15) is 5.10 Å². The van der Waals surface area contributed by atoms with Gasteiger partial charge in [-0.25, -0.2) is 0 Å². The highest BCUT2D eigenvalue weighted by atomic mass is 15.2. The van der Waals surface area contributed by atoms with Crippen molar-refractivity contribution < 1.29 is 0 Å². The van der Waals surface area contributed by atoms with Gasteiger partial charge in [-0.15, -0.1) is 0 Å². The molecule has 1 aromatic heterocycles. The van der Waals surface area contributed by atoms with Crippen LogP contribution in [-0.2, 0) is 0 Å². The lowest BCUT2D eigenvalue weighted by Gasteiger charge is -2.42. The number of aromatic amines is 1. The molecule has 3 aliphatic rings. The molecule has 0 amide bonds. The molecule has 2 aliphatic heterocycles. The zero-order valence-corrected chi connectivity index (χ0v) is 13.7. The van der Waals surface area contributed by atoms with Crippen molar-refractivity contribution in [2.45, 2.75) is 63.1 Å². The molecule has 4 heteroatoms. The lowest BCUT2D eigenvalue weighted by molar-refractivity contribution is 0.0889. The van der Waals surface area contributed by atoms with Crippen molar-refractivity contribution in [1.82, 2.24) is 15.1 Å². The SMILES string of the molecule is c1cc2[nH]ncc2cc1NC1CC2CCC(C1)N2CC1CCC1. The summed E-state index contributed by atoms with van der Waals surface area (Å²) in [6.07, 6.45) is 11.8. The largest absolute Gasteiger partial charge is 0.382 e. The maximum atomic E-state index is 4.11. The third kappa shape index (κ3) is 2.53. The van der Waals surface area contributed by atoms with Crippen LogP contribution in [0.2, 0.25) is 0 Å². The molecular formula is C19H26N4. The summed E-state index contributed by atoms with van der Waals surface area (Å²) in [5, 5.41) is 12.1. The van der Waals surface area contributed by atoms with Gasteiger partial charge in [-0.05, 0) is 62.6 Å². The smallest absolute Gasteiger partial charge is 0.0651 e. The van der Waals surface area contributed by atoms with Gasteiger partial charge in [0, 0.05) is 35.7 Å². The summed E-state index contributed by atoms with van der Waals surface area (Å²) in [5.41, 5.74) is 2.36. The molecule has 0 radical (unpaired) electrons. The average Bonchev–Trinajstić information content (AvgIpc) is 3.05. The minimum absolute atomic E-state index is 0.634. The molecule has 1 aromatic carbocycles. The molecule has 0 spiro atoms. The Morgan fingerprint density at radius 3 is 2.70 bits per heavy atom. The van der Waals surface area contributed by atoms with E-state index in [0.717, 1.165) is 23.5 Å². The number of hydrogen-bond acceptors (Lipinski definition) is 3. The van der Waals surface area contributed by atoms with Crippen molar-refractivity contribution in [2.75, 3.05) is 11.9 Å². The van der Waals surface area contributed by atoms with Gasteiger partial charge in [-0.3, -0.25) is 10.00 Å². The lowest BCUT2D eigenvalue weighted by atomic mass is 9.84. The van der Waals surface area contributed by atoms with Crippen molar-refractivity contribution in [3.05, 3.63) is 24.4 Å². The van der Waals surface area contributed by atoms with Crippen LogP contribution in [0.5, 0.6) is 0 Å². The molecule has 122 valence electrons. The zero-order valence-electron chi connectivity index (χ0n) is 13.7. The van der Waals surface area contributed by atoms with Crippen molar-refractivity contribution in [3.63, 3.8) is 0 Å². The summed E-state index contributed by atoms with van der Waals surface area (Å²) >= 11 is 0. The van der Waals surface area contributed by atoms with Crippen LogP contribution in [0, 0.1) is 5.92 Å². The predicted octanol–water partition coefficient (Wildman–Crippen LogP) is 3.77. The first-order valence-electron chi connectivity index (χ1n) is 9.30. The summed E-state index contributed by atoms with van der Waals surface area (Å²) in [4.78, 5) is 2.86. The molecule has 3 fully saturated rings. The van der Waals surface area contributed by atoms with Crippen molar-refractivity contribution in [2.24, 2.45) is 5.92 Å². The Balaban J connectivity index is 1.26. The molecule has 2 N–H and O–H groups in total. The summed E-state index contributed by atoms with van der Waals surface area (Å²) < 4.78 is 0. The molecule has 2 aromatic rings. The van der Waals surface area contributed by atoms with E-state index < -0.39 is 0 Å². The fourth-order valence-corrected chi connectivity index (χ4v) is 4.93. The molecular weight excluding hydrogens is 284 g/mol. The van der Waals surface area contributed by atoms with E-state index >= 15 is 0 Å². The Morgan fingerprint density at radius 2 is 1.96 bits per heavy atom. The molecule has 1 aliphatic carbocycles. The Labute approximate surface area is 137 Å². The van der Waals surface area contributed by atoms with Gasteiger partial charge in [0.25, 0.3) is 0 Å². The molecule has 3 heterocycles. The van der Waals surface area contributed by atoms with Gasteiger partial charge < -0.3 is 5.32 Å². The van der Waals surface area contributed by atoms with Gasteiger partial charge in [0.2, 0.25) is 0 Å². The number of rotatable bonds is 4. The number of hydrogen-bond donors (Lipinski definition) is 2. The molecule has 2 unspecified atom stereocenters. The Hall–Kier alpha value is -1.55. The topological polar surface area (TPSA) is 44.0 Å². The minimum Gasteiger partial charge on any atom is -0.382 e. The van der Waals surface area contributed by atoms with Crippen LogP contribution in [-0.4, -0.2) is 39.8 Å². The van der Waals surface area contributed by atoms with E-state index in [-0.39, 0.29) is 0 Å². The maximum Gasteiger partial charge on any atom is 0.0651 e. The van der Waals surface area contributed by atoms with Gasteiger partial charge >= 0.3 is 0 Å². The fourth-order valence-electron chi connectivity index (χ4n) is 4.93. The molecule has 5 rings (SSSR count). The Kier molecular flexibility index (Phi) is 3.32. The van der Waals surface area contributed by atoms with Crippen molar-refractivity contribution in [1.29, 1.82) is 0 Å². The summed E-state index contributed by atoms with van der Waals surface area (Å²) in [6.45, 7) is 1.38. The normalized spacial score (nSPS) is 31.4. The highest BCUT2D eigenvalue weighted by Crippen LogP contribution is 2.39. The van der Waals surface area contributed by atoms with Gasteiger partial charge in [-0.1, -0.05) is 6.42 Å². The first-order chi connectivity index (χ1) is 11.3. The number of nitrogens with one attached hydrogen (secondary N) is 2. The number of fused-ring (bicyclic) bond motifs is 3. The molecule has 4 nitrogen and oxygen atoms in total. The quantitative estimate of drug-likeness (QED) is 0.903.